The predicted molar refractivity (Wildman–Crippen MR) is 47.9 cm³/mol. The van der Waals surface area contributed by atoms with Gasteiger partial charge >= 0.3 is 0 Å². The van der Waals surface area contributed by atoms with E-state index < -0.39 is 0 Å². The molecule has 1 aromatic rings. The minimum Gasteiger partial charge on any atom is -0.241 e. The molecule has 2 nitrogen and oxygen atoms in total. The van der Waals surface area contributed by atoms with E-state index in [0.717, 1.165) is 5.69 Å². The number of nitrogens with zero attached hydrogens (tertiary/aromatic N) is 2. The Hall–Kier alpha value is -1.31. The van der Waals surface area contributed by atoms with E-state index in [9.17, 15) is 0 Å². The minimum absolute atomic E-state index is 1.02. The Kier molecular flexibility index (Phi) is 2.26. The molecule has 0 aliphatic rings. The summed E-state index contributed by atoms with van der Waals surface area (Å²) in [7, 11) is 0. The fourth-order valence-electron chi connectivity index (χ4n) is 0.839. The third-order valence-corrected chi connectivity index (χ3v) is 1.29. The van der Waals surface area contributed by atoms with Crippen molar-refractivity contribution in [2.45, 2.75) is 13.8 Å². The van der Waals surface area contributed by atoms with Crippen LogP contribution in [0.1, 0.15) is 19.5 Å². The smallest absolute Gasteiger partial charge is 0.0655 e. The summed E-state index contributed by atoms with van der Waals surface area (Å²) in [4.78, 5) is 0. The van der Waals surface area contributed by atoms with Crippen LogP contribution in [0.25, 0.3) is 12.3 Å². The van der Waals surface area contributed by atoms with Crippen molar-refractivity contribution in [3.8, 4) is 0 Å². The van der Waals surface area contributed by atoms with E-state index in [2.05, 4.69) is 11.7 Å². The number of allylic oxidation sites excluding steroid dienone is 1. The molecule has 11 heavy (non-hydrogen) atoms. The molecule has 0 radical (unpaired) electrons. The quantitative estimate of drug-likeness (QED) is 0.629. The van der Waals surface area contributed by atoms with Crippen molar-refractivity contribution < 1.29 is 0 Å². The summed E-state index contributed by atoms with van der Waals surface area (Å²) < 4.78 is 1.81. The third kappa shape index (κ3) is 1.80. The van der Waals surface area contributed by atoms with Crippen LogP contribution in [0.5, 0.6) is 0 Å². The predicted octanol–water partition coefficient (Wildman–Crippen LogP) is 2.41. The lowest BCUT2D eigenvalue weighted by molar-refractivity contribution is 0.917. The van der Waals surface area contributed by atoms with Gasteiger partial charge in [-0.15, -0.1) is 0 Å². The van der Waals surface area contributed by atoms with Crippen LogP contribution in [-0.4, -0.2) is 9.78 Å². The first kappa shape index (κ1) is 7.79. The van der Waals surface area contributed by atoms with Crippen molar-refractivity contribution in [2.75, 3.05) is 0 Å². The summed E-state index contributed by atoms with van der Waals surface area (Å²) >= 11 is 0. The van der Waals surface area contributed by atoms with Gasteiger partial charge in [0.2, 0.25) is 0 Å². The Morgan fingerprint density at radius 1 is 1.64 bits per heavy atom. The molecule has 0 bridgehead atoms. The Balaban J connectivity index is 3.03. The highest BCUT2D eigenvalue weighted by atomic mass is 15.3. The fraction of sp³-hybridized carbons (Fsp3) is 0.222. The summed E-state index contributed by atoms with van der Waals surface area (Å²) in [6.45, 7) is 7.75. The van der Waals surface area contributed by atoms with Gasteiger partial charge in [0.05, 0.1) is 5.69 Å². The van der Waals surface area contributed by atoms with Crippen LogP contribution in [0.2, 0.25) is 0 Å². The zero-order chi connectivity index (χ0) is 8.27. The van der Waals surface area contributed by atoms with Crippen molar-refractivity contribution in [3.63, 3.8) is 0 Å². The topological polar surface area (TPSA) is 17.8 Å². The van der Waals surface area contributed by atoms with Crippen molar-refractivity contribution in [2.24, 2.45) is 0 Å². The lowest BCUT2D eigenvalue weighted by Crippen LogP contribution is -1.91. The van der Waals surface area contributed by atoms with Gasteiger partial charge in [-0.1, -0.05) is 12.2 Å². The number of aromatic nitrogens is 2. The molecule has 58 valence electrons. The Morgan fingerprint density at radius 3 is 2.91 bits per heavy atom. The van der Waals surface area contributed by atoms with Crippen molar-refractivity contribution in [3.05, 3.63) is 30.1 Å². The first-order chi connectivity index (χ1) is 5.24. The van der Waals surface area contributed by atoms with Crippen LogP contribution in [0.4, 0.5) is 0 Å². The lowest BCUT2D eigenvalue weighted by Gasteiger charge is -1.96. The summed E-state index contributed by atoms with van der Waals surface area (Å²) in [6.07, 6.45) is 5.51. The van der Waals surface area contributed by atoms with E-state index in [0.29, 0.717) is 0 Å². The molecule has 0 atom stereocenters. The summed E-state index contributed by atoms with van der Waals surface area (Å²) in [5.74, 6) is 0. The molecule has 1 aromatic heterocycles. The highest BCUT2D eigenvalue weighted by molar-refractivity contribution is 5.46. The lowest BCUT2D eigenvalue weighted by atomic mass is 10.4. The molecule has 0 aromatic carbocycles. The van der Waals surface area contributed by atoms with E-state index >= 15 is 0 Å². The van der Waals surface area contributed by atoms with Crippen molar-refractivity contribution >= 4 is 12.3 Å². The van der Waals surface area contributed by atoms with Crippen LogP contribution in [0.15, 0.2) is 24.4 Å². The van der Waals surface area contributed by atoms with Crippen molar-refractivity contribution in [1.82, 2.24) is 9.78 Å². The maximum atomic E-state index is 4.10. The highest BCUT2D eigenvalue weighted by Crippen LogP contribution is 2.02. The zero-order valence-electron chi connectivity index (χ0n) is 6.91. The molecule has 1 heterocycles. The van der Waals surface area contributed by atoms with Gasteiger partial charge in [-0.2, -0.15) is 5.10 Å². The maximum Gasteiger partial charge on any atom is 0.0655 e. The van der Waals surface area contributed by atoms with Gasteiger partial charge in [0, 0.05) is 12.4 Å². The Bertz CT molecular complexity index is 278. The van der Waals surface area contributed by atoms with E-state index in [1.807, 2.05) is 30.8 Å². The van der Waals surface area contributed by atoms with Gasteiger partial charge in [0.15, 0.2) is 0 Å². The molecule has 2 heteroatoms. The molecular weight excluding hydrogens is 136 g/mol. The van der Waals surface area contributed by atoms with Gasteiger partial charge in [-0.05, 0) is 26.0 Å². The fourth-order valence-corrected chi connectivity index (χ4v) is 0.839. The number of rotatable bonds is 2. The monoisotopic (exact) mass is 148 g/mol. The molecule has 0 amide bonds. The molecule has 0 aliphatic carbocycles. The molecule has 0 spiro atoms. The van der Waals surface area contributed by atoms with Gasteiger partial charge < -0.3 is 0 Å². The van der Waals surface area contributed by atoms with Gasteiger partial charge in [0.25, 0.3) is 0 Å². The Morgan fingerprint density at radius 2 is 2.36 bits per heavy atom. The van der Waals surface area contributed by atoms with E-state index in [4.69, 9.17) is 0 Å². The summed E-state index contributed by atoms with van der Waals surface area (Å²) in [5.41, 5.74) is 2.24. The molecule has 0 saturated heterocycles. The van der Waals surface area contributed by atoms with Crippen LogP contribution < -0.4 is 0 Å². The van der Waals surface area contributed by atoms with Crippen molar-refractivity contribution in [1.29, 1.82) is 0 Å². The van der Waals surface area contributed by atoms with Crippen LogP contribution in [0.3, 0.4) is 0 Å². The average molecular weight is 148 g/mol. The average Bonchev–Trinajstić information content (AvgIpc) is 2.34. The van der Waals surface area contributed by atoms with Gasteiger partial charge in [0.1, 0.15) is 0 Å². The van der Waals surface area contributed by atoms with E-state index in [-0.39, 0.29) is 0 Å². The number of hydrogen-bond donors (Lipinski definition) is 0. The molecule has 0 N–H and O–H groups in total. The zero-order valence-corrected chi connectivity index (χ0v) is 6.91. The van der Waals surface area contributed by atoms with Crippen LogP contribution in [0, 0.1) is 0 Å². The largest absolute Gasteiger partial charge is 0.241 e. The second kappa shape index (κ2) is 3.19. The van der Waals surface area contributed by atoms with Gasteiger partial charge in [-0.25, -0.2) is 4.68 Å². The summed E-state index contributed by atoms with van der Waals surface area (Å²) in [5, 5.41) is 4.10. The standard InChI is InChI=1S/C9H12N2/c1-4-9-5-6-10-11(9)7-8(2)3/h4-7H,1H2,2-3H3. The third-order valence-electron chi connectivity index (χ3n) is 1.29. The second-order valence-corrected chi connectivity index (χ2v) is 2.61. The first-order valence-electron chi connectivity index (χ1n) is 3.55. The first-order valence-corrected chi connectivity index (χ1v) is 3.55. The summed E-state index contributed by atoms with van der Waals surface area (Å²) in [6, 6.07) is 1.92. The number of hydrogen-bond acceptors (Lipinski definition) is 1. The normalized spacial score (nSPS) is 9.27. The van der Waals surface area contributed by atoms with E-state index in [1.165, 1.54) is 5.57 Å². The molecule has 1 rings (SSSR count). The molecule has 0 saturated carbocycles. The van der Waals surface area contributed by atoms with Crippen LogP contribution in [-0.2, 0) is 0 Å². The van der Waals surface area contributed by atoms with E-state index in [1.54, 1.807) is 12.3 Å². The highest BCUT2D eigenvalue weighted by Gasteiger charge is 1.92. The minimum atomic E-state index is 1.02. The van der Waals surface area contributed by atoms with Crippen LogP contribution >= 0.6 is 0 Å². The second-order valence-electron chi connectivity index (χ2n) is 2.61. The SMILES string of the molecule is C=Cc1ccnn1C=C(C)C. The molecule has 0 aliphatic heterocycles. The molecule has 0 fully saturated rings. The van der Waals surface area contributed by atoms with Gasteiger partial charge in [-0.3, -0.25) is 0 Å². The maximum absolute atomic E-state index is 4.10. The molecule has 0 unspecified atom stereocenters. The Labute approximate surface area is 66.8 Å². The molecular formula is C9H12N2.